The second-order valence-electron chi connectivity index (χ2n) is 5.76. The Morgan fingerprint density at radius 3 is 2.67 bits per heavy atom. The molecule has 0 aliphatic carbocycles. The summed E-state index contributed by atoms with van der Waals surface area (Å²) in [5.74, 6) is -0.347. The molecule has 2 aromatic carbocycles. The maximum absolute atomic E-state index is 13.8. The van der Waals surface area contributed by atoms with Gasteiger partial charge in [-0.1, -0.05) is 24.3 Å². The van der Waals surface area contributed by atoms with E-state index in [0.29, 0.717) is 11.3 Å². The fourth-order valence-electron chi connectivity index (χ4n) is 2.67. The number of ether oxygens (including phenoxy) is 1. The molecule has 0 amide bonds. The van der Waals surface area contributed by atoms with Gasteiger partial charge in [-0.2, -0.15) is 0 Å². The monoisotopic (exact) mass is 363 g/mol. The van der Waals surface area contributed by atoms with Gasteiger partial charge in [0.2, 0.25) is 5.76 Å². The maximum Gasteiger partial charge on any atom is 0.374 e. The minimum absolute atomic E-state index is 0.0398. The van der Waals surface area contributed by atoms with Gasteiger partial charge in [0.1, 0.15) is 17.4 Å². The zero-order valence-corrected chi connectivity index (χ0v) is 14.1. The number of benzene rings is 2. The second-order valence-corrected chi connectivity index (χ2v) is 5.76. The number of esters is 1. The molecule has 0 bridgehead atoms. The quantitative estimate of drug-likeness (QED) is 0.552. The summed E-state index contributed by atoms with van der Waals surface area (Å²) in [6.07, 6.45) is 0. The molecule has 0 radical (unpaired) electrons. The molecule has 7 heteroatoms. The van der Waals surface area contributed by atoms with Crippen molar-refractivity contribution in [3.8, 4) is 11.3 Å². The third kappa shape index (κ3) is 3.35. The zero-order chi connectivity index (χ0) is 18.8. The van der Waals surface area contributed by atoms with Crippen molar-refractivity contribution in [3.63, 3.8) is 0 Å². The number of halogens is 1. The number of para-hydroxylation sites is 1. The molecule has 2 N–H and O–H groups in total. The van der Waals surface area contributed by atoms with E-state index >= 15 is 0 Å². The Balaban J connectivity index is 1.50. The lowest BCUT2D eigenvalue weighted by Crippen LogP contribution is -2.08. The number of furan rings is 1. The van der Waals surface area contributed by atoms with Crippen LogP contribution in [0.15, 0.2) is 65.1 Å². The molecule has 134 valence electrons. The van der Waals surface area contributed by atoms with Gasteiger partial charge in [-0.15, -0.1) is 0 Å². The summed E-state index contributed by atoms with van der Waals surface area (Å²) in [5, 5.41) is 0.730. The van der Waals surface area contributed by atoms with Crippen LogP contribution in [0.4, 0.5) is 10.2 Å². The minimum Gasteiger partial charge on any atom is -0.452 e. The van der Waals surface area contributed by atoms with Crippen LogP contribution < -0.4 is 5.73 Å². The van der Waals surface area contributed by atoms with Crippen LogP contribution in [-0.4, -0.2) is 15.9 Å². The van der Waals surface area contributed by atoms with Gasteiger partial charge in [0, 0.05) is 5.39 Å². The van der Waals surface area contributed by atoms with E-state index in [0.717, 1.165) is 5.39 Å². The van der Waals surface area contributed by atoms with Gasteiger partial charge in [0.25, 0.3) is 0 Å². The highest BCUT2D eigenvalue weighted by Gasteiger charge is 2.16. The highest BCUT2D eigenvalue weighted by molar-refractivity contribution is 5.88. The molecule has 4 aromatic rings. The van der Waals surface area contributed by atoms with Crippen molar-refractivity contribution in [3.05, 3.63) is 78.1 Å². The van der Waals surface area contributed by atoms with Crippen molar-refractivity contribution >= 4 is 22.7 Å². The van der Waals surface area contributed by atoms with Crippen molar-refractivity contribution in [2.45, 2.75) is 6.61 Å². The first-order valence-electron chi connectivity index (χ1n) is 8.15. The van der Waals surface area contributed by atoms with Crippen LogP contribution in [0.1, 0.15) is 16.4 Å². The van der Waals surface area contributed by atoms with Crippen molar-refractivity contribution < 1.29 is 18.3 Å². The predicted octanol–water partition coefficient (Wildman–Crippen LogP) is 3.97. The van der Waals surface area contributed by atoms with E-state index in [1.165, 1.54) is 18.2 Å². The van der Waals surface area contributed by atoms with E-state index in [2.05, 4.69) is 9.97 Å². The van der Waals surface area contributed by atoms with E-state index in [1.54, 1.807) is 24.3 Å². The molecule has 0 saturated heterocycles. The van der Waals surface area contributed by atoms with Crippen LogP contribution in [0.2, 0.25) is 0 Å². The number of hydrogen-bond donors (Lipinski definition) is 1. The van der Waals surface area contributed by atoms with Gasteiger partial charge >= 0.3 is 5.97 Å². The summed E-state index contributed by atoms with van der Waals surface area (Å²) >= 11 is 0. The first kappa shape index (κ1) is 16.7. The molecule has 6 nitrogen and oxygen atoms in total. The van der Waals surface area contributed by atoms with Gasteiger partial charge in [-0.05, 0) is 36.4 Å². The molecule has 2 heterocycles. The van der Waals surface area contributed by atoms with Crippen LogP contribution in [0.5, 0.6) is 0 Å². The summed E-state index contributed by atoms with van der Waals surface area (Å²) in [5.41, 5.74) is 6.84. The Morgan fingerprint density at radius 1 is 1.04 bits per heavy atom. The lowest BCUT2D eigenvalue weighted by atomic mass is 10.1. The van der Waals surface area contributed by atoms with Crippen molar-refractivity contribution in [2.24, 2.45) is 0 Å². The first-order valence-corrected chi connectivity index (χ1v) is 8.15. The van der Waals surface area contributed by atoms with E-state index in [4.69, 9.17) is 14.9 Å². The SMILES string of the molecule is Nc1nc(COC(=O)c2ccc(-c3ccccc3F)o2)nc2ccccc12. The van der Waals surface area contributed by atoms with E-state index in [9.17, 15) is 9.18 Å². The number of fused-ring (bicyclic) bond motifs is 1. The van der Waals surface area contributed by atoms with Crippen molar-refractivity contribution in [2.75, 3.05) is 5.73 Å². The fraction of sp³-hybridized carbons (Fsp3) is 0.0500. The molecule has 0 aliphatic rings. The summed E-state index contributed by atoms with van der Waals surface area (Å²) in [6.45, 7) is -0.163. The van der Waals surface area contributed by atoms with Gasteiger partial charge < -0.3 is 14.9 Å². The second kappa shape index (κ2) is 6.87. The topological polar surface area (TPSA) is 91.2 Å². The van der Waals surface area contributed by atoms with E-state index in [-0.39, 0.29) is 29.5 Å². The van der Waals surface area contributed by atoms with Crippen LogP contribution >= 0.6 is 0 Å². The van der Waals surface area contributed by atoms with Gasteiger partial charge in [0.15, 0.2) is 12.4 Å². The summed E-state index contributed by atoms with van der Waals surface area (Å²) in [4.78, 5) is 20.7. The Hall–Kier alpha value is -3.74. The number of nitrogens with two attached hydrogens (primary N) is 1. The largest absolute Gasteiger partial charge is 0.452 e. The molecule has 0 unspecified atom stereocenters. The number of carbonyl (C=O) groups excluding carboxylic acids is 1. The molecular weight excluding hydrogens is 349 g/mol. The number of carbonyl (C=O) groups is 1. The molecular formula is C20H14FN3O3. The van der Waals surface area contributed by atoms with Crippen LogP contribution in [0.25, 0.3) is 22.2 Å². The molecule has 2 aromatic heterocycles. The molecule has 0 saturated carbocycles. The Kier molecular flexibility index (Phi) is 4.25. The molecule has 4 rings (SSSR count). The fourth-order valence-corrected chi connectivity index (χ4v) is 2.67. The third-order valence-corrected chi connectivity index (χ3v) is 3.96. The van der Waals surface area contributed by atoms with Crippen molar-refractivity contribution in [1.29, 1.82) is 0 Å². The number of rotatable bonds is 4. The first-order chi connectivity index (χ1) is 13.1. The molecule has 0 atom stereocenters. The zero-order valence-electron chi connectivity index (χ0n) is 14.1. The number of nitrogen functional groups attached to an aromatic ring is 1. The highest BCUT2D eigenvalue weighted by Crippen LogP contribution is 2.25. The maximum atomic E-state index is 13.8. The summed E-state index contributed by atoms with van der Waals surface area (Å²) in [7, 11) is 0. The Morgan fingerprint density at radius 2 is 1.81 bits per heavy atom. The van der Waals surface area contributed by atoms with Gasteiger partial charge in [0.05, 0.1) is 11.1 Å². The number of aromatic nitrogens is 2. The van der Waals surface area contributed by atoms with Crippen LogP contribution in [0.3, 0.4) is 0 Å². The lowest BCUT2D eigenvalue weighted by Gasteiger charge is -2.06. The minimum atomic E-state index is -0.701. The normalized spacial score (nSPS) is 10.9. The van der Waals surface area contributed by atoms with Crippen LogP contribution in [0, 0.1) is 5.82 Å². The smallest absolute Gasteiger partial charge is 0.374 e. The third-order valence-electron chi connectivity index (χ3n) is 3.96. The Labute approximate surface area is 153 Å². The molecule has 0 aliphatic heterocycles. The summed E-state index contributed by atoms with van der Waals surface area (Å²) < 4.78 is 24.4. The summed E-state index contributed by atoms with van der Waals surface area (Å²) in [6, 6.07) is 16.4. The van der Waals surface area contributed by atoms with Crippen LogP contribution in [-0.2, 0) is 11.3 Å². The average molecular weight is 363 g/mol. The predicted molar refractivity (Wildman–Crippen MR) is 97.2 cm³/mol. The highest BCUT2D eigenvalue weighted by atomic mass is 19.1. The number of anilines is 1. The van der Waals surface area contributed by atoms with Crippen molar-refractivity contribution in [1.82, 2.24) is 9.97 Å². The lowest BCUT2D eigenvalue weighted by molar-refractivity contribution is 0.0427. The van der Waals surface area contributed by atoms with E-state index < -0.39 is 11.8 Å². The number of hydrogen-bond acceptors (Lipinski definition) is 6. The molecule has 0 fully saturated rings. The molecule has 0 spiro atoms. The standard InChI is InChI=1S/C20H14FN3O3/c21-14-7-3-1-5-12(14)16-9-10-17(27-16)20(25)26-11-18-23-15-8-4-2-6-13(15)19(22)24-18/h1-10H,11H2,(H2,22,23,24). The van der Waals surface area contributed by atoms with Gasteiger partial charge in [-0.3, -0.25) is 0 Å². The Bertz CT molecular complexity index is 1140. The van der Waals surface area contributed by atoms with E-state index in [1.807, 2.05) is 18.2 Å². The molecule has 27 heavy (non-hydrogen) atoms. The average Bonchev–Trinajstić information content (AvgIpc) is 3.16. The number of nitrogens with zero attached hydrogens (tertiary/aromatic N) is 2. The van der Waals surface area contributed by atoms with Gasteiger partial charge in [-0.25, -0.2) is 19.2 Å².